The highest BCUT2D eigenvalue weighted by molar-refractivity contribution is 7.92. The Morgan fingerprint density at radius 3 is 2.08 bits per heavy atom. The molecule has 0 radical (unpaired) electrons. The highest BCUT2D eigenvalue weighted by Gasteiger charge is 2.34. The number of hydrogen-bond donors (Lipinski definition) is 1. The van der Waals surface area contributed by atoms with Gasteiger partial charge in [-0.1, -0.05) is 72.9 Å². The first-order valence-electron chi connectivity index (χ1n) is 12.8. The molecule has 0 saturated heterocycles. The summed E-state index contributed by atoms with van der Waals surface area (Å²) in [4.78, 5) is 28.8. The third-order valence-corrected chi connectivity index (χ3v) is 9.09. The first-order valence-corrected chi connectivity index (χ1v) is 15.4. The molecular formula is C29H32Cl3N3O4S. The van der Waals surface area contributed by atoms with Crippen molar-refractivity contribution in [1.82, 2.24) is 10.2 Å². The van der Waals surface area contributed by atoms with Crippen LogP contribution in [0.1, 0.15) is 39.2 Å². The van der Waals surface area contributed by atoms with Crippen LogP contribution in [0.15, 0.2) is 77.7 Å². The van der Waals surface area contributed by atoms with Gasteiger partial charge in [-0.25, -0.2) is 8.42 Å². The lowest BCUT2D eigenvalue weighted by Gasteiger charge is -2.34. The third-order valence-electron chi connectivity index (χ3n) is 6.47. The SMILES string of the molecule is CC[C@H](C(=O)N[C@@H](C)CC)N(Cc1ccc(Cl)cc1Cl)C(=O)CN(c1ccc(Cl)cc1)S(=O)(=O)c1ccccc1. The van der Waals surface area contributed by atoms with Crippen molar-refractivity contribution in [3.63, 3.8) is 0 Å². The molecule has 40 heavy (non-hydrogen) atoms. The maximum absolute atomic E-state index is 14.1. The third kappa shape index (κ3) is 7.91. The number of nitrogens with one attached hydrogen (secondary N) is 1. The lowest BCUT2D eigenvalue weighted by molar-refractivity contribution is -0.140. The molecule has 0 aliphatic rings. The van der Waals surface area contributed by atoms with E-state index in [1.54, 1.807) is 55.5 Å². The second-order valence-corrected chi connectivity index (χ2v) is 12.4. The van der Waals surface area contributed by atoms with E-state index < -0.39 is 28.5 Å². The first kappa shape index (κ1) is 31.7. The number of nitrogens with zero attached hydrogens (tertiary/aromatic N) is 2. The molecule has 2 amide bonds. The van der Waals surface area contributed by atoms with Crippen LogP contribution in [0.2, 0.25) is 15.1 Å². The summed E-state index contributed by atoms with van der Waals surface area (Å²) in [6.45, 7) is 5.03. The van der Waals surface area contributed by atoms with Gasteiger partial charge in [0, 0.05) is 27.7 Å². The molecule has 0 aliphatic carbocycles. The normalized spacial score (nSPS) is 12.8. The fourth-order valence-corrected chi connectivity index (χ4v) is 6.08. The van der Waals surface area contributed by atoms with E-state index in [2.05, 4.69) is 5.32 Å². The summed E-state index contributed by atoms with van der Waals surface area (Å²) in [7, 11) is -4.16. The van der Waals surface area contributed by atoms with E-state index in [0.717, 1.165) is 4.31 Å². The molecule has 3 aromatic rings. The van der Waals surface area contributed by atoms with Crippen molar-refractivity contribution in [2.24, 2.45) is 0 Å². The van der Waals surface area contributed by atoms with Crippen molar-refractivity contribution < 1.29 is 18.0 Å². The number of hydrogen-bond acceptors (Lipinski definition) is 4. The van der Waals surface area contributed by atoms with Crippen LogP contribution in [0.25, 0.3) is 0 Å². The molecule has 0 saturated carbocycles. The summed E-state index contributed by atoms with van der Waals surface area (Å²) in [6.07, 6.45) is 1.00. The van der Waals surface area contributed by atoms with Crippen molar-refractivity contribution in [3.8, 4) is 0 Å². The number of anilines is 1. The van der Waals surface area contributed by atoms with Gasteiger partial charge in [-0.2, -0.15) is 0 Å². The molecular weight excluding hydrogens is 593 g/mol. The minimum absolute atomic E-state index is 0.0200. The van der Waals surface area contributed by atoms with Crippen LogP contribution in [0.4, 0.5) is 5.69 Å². The van der Waals surface area contributed by atoms with Crippen LogP contribution in [-0.4, -0.2) is 43.8 Å². The molecule has 0 fully saturated rings. The predicted molar refractivity (Wildman–Crippen MR) is 161 cm³/mol. The Balaban J connectivity index is 2.07. The van der Waals surface area contributed by atoms with Crippen LogP contribution in [0.3, 0.4) is 0 Å². The Morgan fingerprint density at radius 2 is 1.50 bits per heavy atom. The van der Waals surface area contributed by atoms with Crippen LogP contribution in [0, 0.1) is 0 Å². The van der Waals surface area contributed by atoms with Gasteiger partial charge >= 0.3 is 0 Å². The minimum Gasteiger partial charge on any atom is -0.352 e. The maximum atomic E-state index is 14.1. The topological polar surface area (TPSA) is 86.8 Å². The lowest BCUT2D eigenvalue weighted by Crippen LogP contribution is -2.53. The molecule has 7 nitrogen and oxygen atoms in total. The fourth-order valence-electron chi connectivity index (χ4n) is 4.05. The van der Waals surface area contributed by atoms with Gasteiger partial charge in [0.05, 0.1) is 10.6 Å². The molecule has 0 bridgehead atoms. The average Bonchev–Trinajstić information content (AvgIpc) is 2.93. The molecule has 11 heteroatoms. The van der Waals surface area contributed by atoms with Gasteiger partial charge in [0.2, 0.25) is 11.8 Å². The van der Waals surface area contributed by atoms with Gasteiger partial charge in [0.1, 0.15) is 12.6 Å². The fraction of sp³-hybridized carbons (Fsp3) is 0.310. The number of rotatable bonds is 12. The molecule has 0 aromatic heterocycles. The van der Waals surface area contributed by atoms with Gasteiger partial charge in [-0.3, -0.25) is 13.9 Å². The zero-order valence-corrected chi connectivity index (χ0v) is 25.6. The molecule has 1 N–H and O–H groups in total. The van der Waals surface area contributed by atoms with Crippen molar-refractivity contribution in [3.05, 3.63) is 93.4 Å². The Hall–Kier alpha value is -2.78. The number of halogens is 3. The van der Waals surface area contributed by atoms with Crippen LogP contribution in [0.5, 0.6) is 0 Å². The summed E-state index contributed by atoms with van der Waals surface area (Å²) in [5, 5.41) is 4.11. The van der Waals surface area contributed by atoms with Gasteiger partial charge in [-0.05, 0) is 73.9 Å². The molecule has 214 valence electrons. The van der Waals surface area contributed by atoms with E-state index in [4.69, 9.17) is 34.8 Å². The molecule has 0 aliphatic heterocycles. The zero-order chi connectivity index (χ0) is 29.4. The summed E-state index contributed by atoms with van der Waals surface area (Å²) >= 11 is 18.6. The molecule has 0 heterocycles. The lowest BCUT2D eigenvalue weighted by atomic mass is 10.1. The standard InChI is InChI=1S/C29H32Cl3N3O4S/c1-4-20(3)33-29(37)27(5-2)34(18-21-11-12-23(31)17-26(21)32)28(36)19-35(24-15-13-22(30)14-16-24)40(38,39)25-9-7-6-8-10-25/h6-17,20,27H,4-5,18-19H2,1-3H3,(H,33,37)/t20-,27+/m0/s1. The largest absolute Gasteiger partial charge is 0.352 e. The van der Waals surface area contributed by atoms with E-state index >= 15 is 0 Å². The smallest absolute Gasteiger partial charge is 0.264 e. The van der Waals surface area contributed by atoms with Gasteiger partial charge in [-0.15, -0.1) is 0 Å². The highest BCUT2D eigenvalue weighted by Crippen LogP contribution is 2.27. The van der Waals surface area contributed by atoms with E-state index in [1.807, 2.05) is 13.8 Å². The number of amides is 2. The summed E-state index contributed by atoms with van der Waals surface area (Å²) in [6, 6.07) is 17.9. The van der Waals surface area contributed by atoms with E-state index in [9.17, 15) is 18.0 Å². The van der Waals surface area contributed by atoms with Crippen LogP contribution >= 0.6 is 34.8 Å². The first-order chi connectivity index (χ1) is 19.0. The highest BCUT2D eigenvalue weighted by atomic mass is 35.5. The van der Waals surface area contributed by atoms with Crippen molar-refractivity contribution in [2.75, 3.05) is 10.8 Å². The summed E-state index contributed by atoms with van der Waals surface area (Å²) < 4.78 is 28.6. The van der Waals surface area contributed by atoms with E-state index in [1.165, 1.54) is 29.2 Å². The Labute approximate surface area is 251 Å². The van der Waals surface area contributed by atoms with Crippen molar-refractivity contribution in [2.45, 2.75) is 57.1 Å². The summed E-state index contributed by atoms with van der Waals surface area (Å²) in [5.74, 6) is -0.911. The Morgan fingerprint density at radius 1 is 0.875 bits per heavy atom. The van der Waals surface area contributed by atoms with Crippen LogP contribution in [-0.2, 0) is 26.2 Å². The monoisotopic (exact) mass is 623 g/mol. The molecule has 2 atom stereocenters. The van der Waals surface area contributed by atoms with Crippen LogP contribution < -0.4 is 9.62 Å². The second-order valence-electron chi connectivity index (χ2n) is 9.30. The van der Waals surface area contributed by atoms with E-state index in [0.29, 0.717) is 33.5 Å². The van der Waals surface area contributed by atoms with Gasteiger partial charge in [0.15, 0.2) is 0 Å². The van der Waals surface area contributed by atoms with Gasteiger partial charge < -0.3 is 10.2 Å². The molecule has 3 aromatic carbocycles. The van der Waals surface area contributed by atoms with E-state index in [-0.39, 0.29) is 29.1 Å². The number of benzene rings is 3. The molecule has 3 rings (SSSR count). The molecule has 0 unspecified atom stereocenters. The number of carbonyl (C=O) groups is 2. The Bertz CT molecular complexity index is 1420. The average molecular weight is 625 g/mol. The number of carbonyl (C=O) groups excluding carboxylic acids is 2. The summed E-state index contributed by atoms with van der Waals surface area (Å²) in [5.41, 5.74) is 0.821. The van der Waals surface area contributed by atoms with Crippen molar-refractivity contribution >= 4 is 62.3 Å². The predicted octanol–water partition coefficient (Wildman–Crippen LogP) is 6.56. The second kappa shape index (κ2) is 14.2. The molecule has 0 spiro atoms. The van der Waals surface area contributed by atoms with Gasteiger partial charge in [0.25, 0.3) is 10.0 Å². The zero-order valence-electron chi connectivity index (χ0n) is 22.5. The minimum atomic E-state index is -4.16. The Kier molecular flexibility index (Phi) is 11.3. The number of sulfonamides is 1. The quantitative estimate of drug-likeness (QED) is 0.247. The maximum Gasteiger partial charge on any atom is 0.264 e. The van der Waals surface area contributed by atoms with Crippen molar-refractivity contribution in [1.29, 1.82) is 0 Å².